The number of carbonyl (C=O) groups excluding carboxylic acids is 1. The first kappa shape index (κ1) is 15.9. The molecule has 0 rings (SSSR count). The third-order valence-corrected chi connectivity index (χ3v) is 2.66. The molecule has 1 amide bonds. The van der Waals surface area contributed by atoms with Crippen LogP contribution in [0.1, 0.15) is 52.4 Å². The van der Waals surface area contributed by atoms with Gasteiger partial charge in [-0.3, -0.25) is 4.79 Å². The SMILES string of the molecule is CCCCCCC(C)NCC(=O)NCCC#N. The molecule has 2 N–H and O–H groups in total. The first-order chi connectivity index (χ1) is 8.20. The van der Waals surface area contributed by atoms with Crippen molar-refractivity contribution < 1.29 is 4.79 Å². The Kier molecular flexibility index (Phi) is 10.7. The van der Waals surface area contributed by atoms with E-state index in [1.807, 2.05) is 6.07 Å². The number of carbonyl (C=O) groups is 1. The van der Waals surface area contributed by atoms with Crippen molar-refractivity contribution in [3.63, 3.8) is 0 Å². The molecular formula is C13H25N3O. The Labute approximate surface area is 105 Å². The van der Waals surface area contributed by atoms with Crippen LogP contribution >= 0.6 is 0 Å². The molecule has 1 atom stereocenters. The number of rotatable bonds is 10. The summed E-state index contributed by atoms with van der Waals surface area (Å²) in [5.41, 5.74) is 0. The predicted molar refractivity (Wildman–Crippen MR) is 69.5 cm³/mol. The van der Waals surface area contributed by atoms with Gasteiger partial charge in [-0.15, -0.1) is 0 Å². The van der Waals surface area contributed by atoms with Crippen LogP contribution in [0.25, 0.3) is 0 Å². The zero-order valence-corrected chi connectivity index (χ0v) is 11.1. The smallest absolute Gasteiger partial charge is 0.233 e. The minimum atomic E-state index is -0.0272. The molecule has 0 heterocycles. The van der Waals surface area contributed by atoms with Gasteiger partial charge >= 0.3 is 0 Å². The second kappa shape index (κ2) is 11.4. The van der Waals surface area contributed by atoms with Gasteiger partial charge in [0.1, 0.15) is 0 Å². The van der Waals surface area contributed by atoms with Crippen LogP contribution in [-0.4, -0.2) is 25.0 Å². The number of amides is 1. The molecule has 4 nitrogen and oxygen atoms in total. The Balaban J connectivity index is 3.39. The van der Waals surface area contributed by atoms with Crippen molar-refractivity contribution in [1.29, 1.82) is 5.26 Å². The molecule has 17 heavy (non-hydrogen) atoms. The fraction of sp³-hybridized carbons (Fsp3) is 0.846. The third kappa shape index (κ3) is 11.2. The lowest BCUT2D eigenvalue weighted by Gasteiger charge is -2.13. The molecule has 0 aromatic rings. The normalized spacial score (nSPS) is 11.8. The molecule has 0 radical (unpaired) electrons. The van der Waals surface area contributed by atoms with Gasteiger partial charge < -0.3 is 10.6 Å². The Hall–Kier alpha value is -1.08. The molecule has 0 saturated carbocycles. The molecule has 0 aliphatic rings. The Bertz CT molecular complexity index is 235. The quantitative estimate of drug-likeness (QED) is 0.573. The summed E-state index contributed by atoms with van der Waals surface area (Å²) in [5.74, 6) is -0.0272. The van der Waals surface area contributed by atoms with Crippen LogP contribution in [0.15, 0.2) is 0 Å². The molecule has 0 aromatic heterocycles. The number of nitrogens with one attached hydrogen (secondary N) is 2. The summed E-state index contributed by atoms with van der Waals surface area (Å²) in [6.45, 7) is 5.10. The molecule has 0 aliphatic heterocycles. The molecule has 4 heteroatoms. The molecule has 0 aromatic carbocycles. The second-order valence-corrected chi connectivity index (χ2v) is 4.39. The molecule has 0 fully saturated rings. The van der Waals surface area contributed by atoms with Crippen LogP contribution in [0.2, 0.25) is 0 Å². The van der Waals surface area contributed by atoms with Gasteiger partial charge in [-0.2, -0.15) is 5.26 Å². The van der Waals surface area contributed by atoms with Crippen molar-refractivity contribution in [3.05, 3.63) is 0 Å². The first-order valence-corrected chi connectivity index (χ1v) is 6.57. The maximum absolute atomic E-state index is 11.3. The molecule has 98 valence electrons. The highest BCUT2D eigenvalue weighted by molar-refractivity contribution is 5.77. The zero-order valence-electron chi connectivity index (χ0n) is 11.1. The fourth-order valence-electron chi connectivity index (χ4n) is 1.57. The van der Waals surface area contributed by atoms with Crippen LogP contribution in [0.5, 0.6) is 0 Å². The summed E-state index contributed by atoms with van der Waals surface area (Å²) in [5, 5.41) is 14.2. The van der Waals surface area contributed by atoms with Crippen LogP contribution in [0.4, 0.5) is 0 Å². The highest BCUT2D eigenvalue weighted by Gasteiger charge is 2.04. The third-order valence-electron chi connectivity index (χ3n) is 2.66. The molecule has 0 aliphatic carbocycles. The second-order valence-electron chi connectivity index (χ2n) is 4.39. The molecule has 0 spiro atoms. The monoisotopic (exact) mass is 239 g/mol. The molecule has 0 saturated heterocycles. The molecular weight excluding hydrogens is 214 g/mol. The lowest BCUT2D eigenvalue weighted by molar-refractivity contribution is -0.120. The predicted octanol–water partition coefficient (Wildman–Crippen LogP) is 1.96. The maximum Gasteiger partial charge on any atom is 0.233 e. The van der Waals surface area contributed by atoms with Crippen LogP contribution in [-0.2, 0) is 4.79 Å². The van der Waals surface area contributed by atoms with Gasteiger partial charge in [0.25, 0.3) is 0 Å². The van der Waals surface area contributed by atoms with Crippen LogP contribution in [0, 0.1) is 11.3 Å². The standard InChI is InChI=1S/C13H25N3O/c1-3-4-5-6-8-12(2)16-11-13(17)15-10-7-9-14/h12,16H,3-8,10-11H2,1-2H3,(H,15,17). The number of nitriles is 1. The van der Waals surface area contributed by atoms with E-state index in [9.17, 15) is 4.79 Å². The van der Waals surface area contributed by atoms with Gasteiger partial charge in [0.2, 0.25) is 5.91 Å². The number of hydrogen-bond donors (Lipinski definition) is 2. The van der Waals surface area contributed by atoms with E-state index in [0.29, 0.717) is 25.6 Å². The van der Waals surface area contributed by atoms with Crippen molar-refractivity contribution in [2.45, 2.75) is 58.4 Å². The highest BCUT2D eigenvalue weighted by Crippen LogP contribution is 2.04. The number of nitrogens with zero attached hydrogens (tertiary/aromatic N) is 1. The summed E-state index contributed by atoms with van der Waals surface area (Å²) in [4.78, 5) is 11.3. The zero-order chi connectivity index (χ0) is 12.9. The van der Waals surface area contributed by atoms with E-state index >= 15 is 0 Å². The van der Waals surface area contributed by atoms with Gasteiger partial charge in [0.05, 0.1) is 19.0 Å². The van der Waals surface area contributed by atoms with Gasteiger partial charge in [-0.25, -0.2) is 0 Å². The van der Waals surface area contributed by atoms with Crippen molar-refractivity contribution in [3.8, 4) is 6.07 Å². The van der Waals surface area contributed by atoms with Gasteiger partial charge in [0.15, 0.2) is 0 Å². The summed E-state index contributed by atoms with van der Waals surface area (Å²) in [6, 6.07) is 2.38. The highest BCUT2D eigenvalue weighted by atomic mass is 16.1. The topological polar surface area (TPSA) is 64.9 Å². The van der Waals surface area contributed by atoms with Crippen molar-refractivity contribution in [1.82, 2.24) is 10.6 Å². The van der Waals surface area contributed by atoms with Crippen LogP contribution < -0.4 is 10.6 Å². The van der Waals surface area contributed by atoms with Crippen LogP contribution in [0.3, 0.4) is 0 Å². The molecule has 0 bridgehead atoms. The van der Waals surface area contributed by atoms with Gasteiger partial charge in [0, 0.05) is 12.6 Å². The van der Waals surface area contributed by atoms with E-state index in [2.05, 4.69) is 24.5 Å². The number of hydrogen-bond acceptors (Lipinski definition) is 3. The first-order valence-electron chi connectivity index (χ1n) is 6.57. The summed E-state index contributed by atoms with van der Waals surface area (Å²) >= 11 is 0. The minimum Gasteiger partial charge on any atom is -0.354 e. The van der Waals surface area contributed by atoms with E-state index in [0.717, 1.165) is 6.42 Å². The van der Waals surface area contributed by atoms with Crippen molar-refractivity contribution >= 4 is 5.91 Å². The summed E-state index contributed by atoms with van der Waals surface area (Å²) < 4.78 is 0. The minimum absolute atomic E-state index is 0.0272. The van der Waals surface area contributed by atoms with Gasteiger partial charge in [-0.05, 0) is 13.3 Å². The Morgan fingerprint density at radius 3 is 2.76 bits per heavy atom. The summed E-state index contributed by atoms with van der Waals surface area (Å²) in [7, 11) is 0. The van der Waals surface area contributed by atoms with E-state index in [-0.39, 0.29) is 5.91 Å². The number of unbranched alkanes of at least 4 members (excludes halogenated alkanes) is 3. The van der Waals surface area contributed by atoms with Crippen molar-refractivity contribution in [2.75, 3.05) is 13.1 Å². The maximum atomic E-state index is 11.3. The van der Waals surface area contributed by atoms with E-state index in [4.69, 9.17) is 5.26 Å². The largest absolute Gasteiger partial charge is 0.354 e. The molecule has 1 unspecified atom stereocenters. The average molecular weight is 239 g/mol. The summed E-state index contributed by atoms with van der Waals surface area (Å²) in [6.07, 6.45) is 6.53. The lowest BCUT2D eigenvalue weighted by Crippen LogP contribution is -2.38. The average Bonchev–Trinajstić information content (AvgIpc) is 2.32. The lowest BCUT2D eigenvalue weighted by atomic mass is 10.1. The Morgan fingerprint density at radius 2 is 2.12 bits per heavy atom. The van der Waals surface area contributed by atoms with Crippen molar-refractivity contribution in [2.24, 2.45) is 0 Å². The van der Waals surface area contributed by atoms with Gasteiger partial charge in [-0.1, -0.05) is 32.6 Å². The van der Waals surface area contributed by atoms with E-state index in [1.165, 1.54) is 25.7 Å². The van der Waals surface area contributed by atoms with E-state index < -0.39 is 0 Å². The van der Waals surface area contributed by atoms with E-state index in [1.54, 1.807) is 0 Å². The Morgan fingerprint density at radius 1 is 1.35 bits per heavy atom. The fourth-order valence-corrected chi connectivity index (χ4v) is 1.57.